The van der Waals surface area contributed by atoms with Gasteiger partial charge >= 0.3 is 0 Å². The standard InChI is InChI=1S/C18H23N3O3/c1-4-23-16-10-12-13(20-14-7-9-21(3)18(14)22)6-8-19-15(12)11-17(16)24-5-2/h6,8,10-11,14H,4-5,7,9H2,1-3H3,(H,19,20). The first kappa shape index (κ1) is 16.4. The van der Waals surface area contributed by atoms with E-state index in [4.69, 9.17) is 9.47 Å². The Labute approximate surface area is 141 Å². The SMILES string of the molecule is CCOc1cc2nccc(NC3CCN(C)C3=O)c2cc1OCC. The highest BCUT2D eigenvalue weighted by Gasteiger charge is 2.29. The molecule has 0 radical (unpaired) electrons. The highest BCUT2D eigenvalue weighted by Crippen LogP contribution is 2.35. The molecule has 2 aromatic rings. The van der Waals surface area contributed by atoms with E-state index in [1.54, 1.807) is 11.1 Å². The van der Waals surface area contributed by atoms with Crippen LogP contribution in [0.4, 0.5) is 5.69 Å². The number of carbonyl (C=O) groups is 1. The van der Waals surface area contributed by atoms with E-state index in [1.807, 2.05) is 39.1 Å². The van der Waals surface area contributed by atoms with E-state index in [9.17, 15) is 4.79 Å². The second-order valence-corrected chi connectivity index (χ2v) is 5.79. The lowest BCUT2D eigenvalue weighted by Crippen LogP contribution is -2.31. The van der Waals surface area contributed by atoms with Crippen LogP contribution in [0.2, 0.25) is 0 Å². The Balaban J connectivity index is 1.99. The number of fused-ring (bicyclic) bond motifs is 1. The maximum absolute atomic E-state index is 12.2. The summed E-state index contributed by atoms with van der Waals surface area (Å²) in [7, 11) is 1.83. The lowest BCUT2D eigenvalue weighted by Gasteiger charge is -2.17. The van der Waals surface area contributed by atoms with Gasteiger partial charge < -0.3 is 19.7 Å². The second kappa shape index (κ2) is 6.95. The fourth-order valence-electron chi connectivity index (χ4n) is 2.96. The Morgan fingerprint density at radius 1 is 1.25 bits per heavy atom. The van der Waals surface area contributed by atoms with E-state index < -0.39 is 0 Å². The van der Waals surface area contributed by atoms with Gasteiger partial charge in [0.05, 0.1) is 18.7 Å². The summed E-state index contributed by atoms with van der Waals surface area (Å²) in [6, 6.07) is 5.52. The predicted octanol–water partition coefficient (Wildman–Crippen LogP) is 2.67. The van der Waals surface area contributed by atoms with Crippen LogP contribution < -0.4 is 14.8 Å². The first-order valence-electron chi connectivity index (χ1n) is 8.34. The molecule has 128 valence electrons. The van der Waals surface area contributed by atoms with Crippen LogP contribution in [0, 0.1) is 0 Å². The number of aromatic nitrogens is 1. The Morgan fingerprint density at radius 3 is 2.58 bits per heavy atom. The number of amides is 1. The fraction of sp³-hybridized carbons (Fsp3) is 0.444. The van der Waals surface area contributed by atoms with Gasteiger partial charge in [0.15, 0.2) is 11.5 Å². The number of anilines is 1. The molecule has 3 rings (SSSR count). The summed E-state index contributed by atoms with van der Waals surface area (Å²) in [5, 5.41) is 4.28. The van der Waals surface area contributed by atoms with E-state index in [1.165, 1.54) is 0 Å². The molecule has 6 nitrogen and oxygen atoms in total. The summed E-state index contributed by atoms with van der Waals surface area (Å²) < 4.78 is 11.4. The van der Waals surface area contributed by atoms with Crippen LogP contribution in [-0.2, 0) is 4.79 Å². The number of pyridine rings is 1. The summed E-state index contributed by atoms with van der Waals surface area (Å²) in [6.45, 7) is 5.77. The molecule has 1 saturated heterocycles. The van der Waals surface area contributed by atoms with Crippen molar-refractivity contribution >= 4 is 22.5 Å². The van der Waals surface area contributed by atoms with Crippen molar-refractivity contribution in [2.45, 2.75) is 26.3 Å². The number of hydrogen-bond acceptors (Lipinski definition) is 5. The molecule has 0 spiro atoms. The molecule has 1 fully saturated rings. The van der Waals surface area contributed by atoms with E-state index in [0.29, 0.717) is 24.7 Å². The zero-order chi connectivity index (χ0) is 17.1. The van der Waals surface area contributed by atoms with Gasteiger partial charge in [0.25, 0.3) is 0 Å². The lowest BCUT2D eigenvalue weighted by molar-refractivity contribution is -0.127. The number of benzene rings is 1. The van der Waals surface area contributed by atoms with Crippen LogP contribution in [0.5, 0.6) is 11.5 Å². The zero-order valence-corrected chi connectivity index (χ0v) is 14.3. The lowest BCUT2D eigenvalue weighted by atomic mass is 10.1. The van der Waals surface area contributed by atoms with Gasteiger partial charge in [0.1, 0.15) is 6.04 Å². The topological polar surface area (TPSA) is 63.7 Å². The predicted molar refractivity (Wildman–Crippen MR) is 93.7 cm³/mol. The molecule has 1 aliphatic heterocycles. The van der Waals surface area contributed by atoms with E-state index in [0.717, 1.165) is 29.6 Å². The van der Waals surface area contributed by atoms with Gasteiger partial charge in [-0.2, -0.15) is 0 Å². The molecule has 0 bridgehead atoms. The largest absolute Gasteiger partial charge is 0.490 e. The van der Waals surface area contributed by atoms with Crippen LogP contribution in [0.25, 0.3) is 10.9 Å². The van der Waals surface area contributed by atoms with Crippen molar-refractivity contribution in [1.82, 2.24) is 9.88 Å². The average Bonchev–Trinajstić information content (AvgIpc) is 2.88. The number of likely N-dealkylation sites (tertiary alicyclic amines) is 1. The molecule has 0 aliphatic carbocycles. The van der Waals surface area contributed by atoms with Crippen LogP contribution in [-0.4, -0.2) is 48.6 Å². The van der Waals surface area contributed by atoms with Gasteiger partial charge in [0, 0.05) is 36.9 Å². The molecule has 2 heterocycles. The number of carbonyl (C=O) groups excluding carboxylic acids is 1. The molecule has 1 amide bonds. The maximum Gasteiger partial charge on any atom is 0.244 e. The monoisotopic (exact) mass is 329 g/mol. The van der Waals surface area contributed by atoms with Crippen LogP contribution >= 0.6 is 0 Å². The molecule has 24 heavy (non-hydrogen) atoms. The van der Waals surface area contributed by atoms with Gasteiger partial charge in [-0.15, -0.1) is 0 Å². The third kappa shape index (κ3) is 3.09. The molecule has 6 heteroatoms. The Bertz CT molecular complexity index is 748. The quantitative estimate of drug-likeness (QED) is 0.883. The van der Waals surface area contributed by atoms with Gasteiger partial charge in [-0.25, -0.2) is 0 Å². The summed E-state index contributed by atoms with van der Waals surface area (Å²) in [4.78, 5) is 18.3. The Morgan fingerprint density at radius 2 is 1.96 bits per heavy atom. The fourth-order valence-corrected chi connectivity index (χ4v) is 2.96. The number of hydrogen-bond donors (Lipinski definition) is 1. The van der Waals surface area contributed by atoms with E-state index in [2.05, 4.69) is 10.3 Å². The highest BCUT2D eigenvalue weighted by atomic mass is 16.5. The molecular weight excluding hydrogens is 306 g/mol. The molecule has 1 atom stereocenters. The average molecular weight is 329 g/mol. The number of nitrogens with zero attached hydrogens (tertiary/aromatic N) is 2. The third-order valence-corrected chi connectivity index (χ3v) is 4.16. The minimum absolute atomic E-state index is 0.121. The van der Waals surface area contributed by atoms with Crippen molar-refractivity contribution in [3.8, 4) is 11.5 Å². The van der Waals surface area contributed by atoms with Gasteiger partial charge in [0.2, 0.25) is 5.91 Å². The van der Waals surface area contributed by atoms with Crippen molar-refractivity contribution in [2.75, 3.05) is 32.1 Å². The Hall–Kier alpha value is -2.50. The third-order valence-electron chi connectivity index (χ3n) is 4.16. The normalized spacial score (nSPS) is 17.4. The molecule has 1 aromatic heterocycles. The van der Waals surface area contributed by atoms with Crippen molar-refractivity contribution in [3.05, 3.63) is 24.4 Å². The molecule has 0 saturated carbocycles. The van der Waals surface area contributed by atoms with Gasteiger partial charge in [-0.3, -0.25) is 9.78 Å². The summed E-state index contributed by atoms with van der Waals surface area (Å²) in [5.74, 6) is 1.50. The van der Waals surface area contributed by atoms with E-state index >= 15 is 0 Å². The summed E-state index contributed by atoms with van der Waals surface area (Å²) >= 11 is 0. The summed E-state index contributed by atoms with van der Waals surface area (Å²) in [6.07, 6.45) is 2.54. The van der Waals surface area contributed by atoms with Gasteiger partial charge in [-0.05, 0) is 32.4 Å². The highest BCUT2D eigenvalue weighted by molar-refractivity contribution is 5.96. The first-order chi connectivity index (χ1) is 11.6. The van der Waals surface area contributed by atoms with Gasteiger partial charge in [-0.1, -0.05) is 0 Å². The number of rotatable bonds is 6. The number of nitrogens with one attached hydrogen (secondary N) is 1. The minimum Gasteiger partial charge on any atom is -0.490 e. The number of ether oxygens (including phenoxy) is 2. The zero-order valence-electron chi connectivity index (χ0n) is 14.3. The summed E-state index contributed by atoms with van der Waals surface area (Å²) in [5.41, 5.74) is 1.70. The Kier molecular flexibility index (Phi) is 4.74. The first-order valence-corrected chi connectivity index (χ1v) is 8.34. The van der Waals surface area contributed by atoms with Crippen LogP contribution in [0.15, 0.2) is 24.4 Å². The molecule has 1 N–H and O–H groups in total. The van der Waals surface area contributed by atoms with Crippen molar-refractivity contribution in [3.63, 3.8) is 0 Å². The molecule has 1 aliphatic rings. The number of likely N-dealkylation sites (N-methyl/N-ethyl adjacent to an activating group) is 1. The molecule has 1 unspecified atom stereocenters. The molecule has 1 aromatic carbocycles. The maximum atomic E-state index is 12.2. The second-order valence-electron chi connectivity index (χ2n) is 5.79. The van der Waals surface area contributed by atoms with Crippen molar-refractivity contribution < 1.29 is 14.3 Å². The van der Waals surface area contributed by atoms with Crippen LogP contribution in [0.3, 0.4) is 0 Å². The minimum atomic E-state index is -0.192. The molecular formula is C18H23N3O3. The smallest absolute Gasteiger partial charge is 0.244 e. The van der Waals surface area contributed by atoms with Crippen LogP contribution in [0.1, 0.15) is 20.3 Å². The van der Waals surface area contributed by atoms with E-state index in [-0.39, 0.29) is 11.9 Å². The van der Waals surface area contributed by atoms with Crippen molar-refractivity contribution in [2.24, 2.45) is 0 Å². The van der Waals surface area contributed by atoms with Crippen molar-refractivity contribution in [1.29, 1.82) is 0 Å².